The molecule has 2 bridgehead atoms. The van der Waals surface area contributed by atoms with Crippen molar-refractivity contribution in [2.45, 2.75) is 97.3 Å². The number of piperazine rings is 1. The summed E-state index contributed by atoms with van der Waals surface area (Å²) in [5.74, 6) is 2.48. The van der Waals surface area contributed by atoms with Crippen LogP contribution < -0.4 is 24.0 Å². The second-order valence-electron chi connectivity index (χ2n) is 16.3. The standard InChI is InChI=1S/C44H47ClFIN6O5/c1-23-24(2)48-41-35-34(23)36(46)38(50-42(35)57-25(3)39-32-18-13-28(22-52(39)41)53(32)43(54)58-44(4,5)6)31-19-33(49-40(45)37(31)47)51(20-26-9-14-29(55-7)15-10-26)21-27-11-16-30(56-8)17-12-27/h9-12,14-17,19,25,28,32,39H,13,18,20-22H2,1-8H3/t25-,28+,32-,39+/m0/s1. The molecule has 6 heterocycles. The number of ether oxygens (including phenoxy) is 4. The lowest BCUT2D eigenvalue weighted by atomic mass is 9.97. The molecule has 0 aliphatic carbocycles. The van der Waals surface area contributed by atoms with Gasteiger partial charge in [0.2, 0.25) is 5.88 Å². The normalized spacial score (nSPS) is 19.7. The number of amides is 1. The Hall–Kier alpha value is -4.63. The number of anilines is 2. The highest BCUT2D eigenvalue weighted by Crippen LogP contribution is 2.48. The topological polar surface area (TPSA) is 102 Å². The van der Waals surface area contributed by atoms with Gasteiger partial charge in [0.15, 0.2) is 5.82 Å². The lowest BCUT2D eigenvalue weighted by Gasteiger charge is -2.48. The molecular weight excluding hydrogens is 874 g/mol. The van der Waals surface area contributed by atoms with Crippen molar-refractivity contribution in [3.05, 3.63) is 91.5 Å². The molecule has 0 unspecified atom stereocenters. The number of aryl methyl sites for hydroxylation is 2. The van der Waals surface area contributed by atoms with Crippen LogP contribution in [-0.2, 0) is 17.8 Å². The van der Waals surface area contributed by atoms with E-state index in [1.54, 1.807) is 14.2 Å². The van der Waals surface area contributed by atoms with Crippen molar-refractivity contribution >= 4 is 62.7 Å². The summed E-state index contributed by atoms with van der Waals surface area (Å²) >= 11 is 9.09. The number of hydrogen-bond donors (Lipinski definition) is 0. The van der Waals surface area contributed by atoms with Gasteiger partial charge in [-0.2, -0.15) is 0 Å². The van der Waals surface area contributed by atoms with E-state index in [0.717, 1.165) is 35.5 Å². The molecule has 3 aliphatic rings. The lowest BCUT2D eigenvalue weighted by molar-refractivity contribution is 0.000954. The molecule has 11 nitrogen and oxygen atoms in total. The highest BCUT2D eigenvalue weighted by molar-refractivity contribution is 14.1. The molecule has 58 heavy (non-hydrogen) atoms. The van der Waals surface area contributed by atoms with Gasteiger partial charge in [0.05, 0.1) is 41.3 Å². The number of carbonyl (C=O) groups excluding carboxylic acids is 1. The summed E-state index contributed by atoms with van der Waals surface area (Å²) in [4.78, 5) is 34.8. The minimum Gasteiger partial charge on any atom is -0.497 e. The van der Waals surface area contributed by atoms with E-state index in [9.17, 15) is 4.79 Å². The van der Waals surface area contributed by atoms with Gasteiger partial charge >= 0.3 is 6.09 Å². The second-order valence-corrected chi connectivity index (χ2v) is 17.7. The number of rotatable bonds is 8. The Labute approximate surface area is 356 Å². The number of nitrogens with zero attached hydrogens (tertiary/aromatic N) is 6. The van der Waals surface area contributed by atoms with E-state index in [2.05, 4.69) is 32.4 Å². The fourth-order valence-corrected chi connectivity index (χ4v) is 9.33. The second kappa shape index (κ2) is 15.5. The van der Waals surface area contributed by atoms with Gasteiger partial charge in [-0.3, -0.25) is 4.90 Å². The van der Waals surface area contributed by atoms with Gasteiger partial charge < -0.3 is 28.7 Å². The molecule has 0 N–H and O–H groups in total. The minimum absolute atomic E-state index is 0.0851. The van der Waals surface area contributed by atoms with Crippen LogP contribution in [0.4, 0.5) is 20.8 Å². The average Bonchev–Trinajstić information content (AvgIpc) is 3.44. The van der Waals surface area contributed by atoms with E-state index in [4.69, 9.17) is 45.5 Å². The third kappa shape index (κ3) is 7.33. The Balaban J connectivity index is 1.24. The van der Waals surface area contributed by atoms with E-state index < -0.39 is 17.5 Å². The van der Waals surface area contributed by atoms with E-state index in [-0.39, 0.29) is 40.9 Å². The first-order valence-corrected chi connectivity index (χ1v) is 20.9. The van der Waals surface area contributed by atoms with Gasteiger partial charge in [-0.15, -0.1) is 0 Å². The molecule has 2 fully saturated rings. The summed E-state index contributed by atoms with van der Waals surface area (Å²) in [5.41, 5.74) is 3.40. The fourth-order valence-electron chi connectivity index (χ4n) is 8.61. The summed E-state index contributed by atoms with van der Waals surface area (Å²) in [6.45, 7) is 12.9. The summed E-state index contributed by atoms with van der Waals surface area (Å²) < 4.78 is 41.7. The van der Waals surface area contributed by atoms with Crippen LogP contribution in [0, 0.1) is 23.2 Å². The third-order valence-electron chi connectivity index (χ3n) is 11.4. The molecule has 3 aromatic heterocycles. The number of hydrogen-bond acceptors (Lipinski definition) is 10. The summed E-state index contributed by atoms with van der Waals surface area (Å²) in [7, 11) is 3.28. The molecule has 0 radical (unpaired) electrons. The van der Waals surface area contributed by atoms with Gasteiger partial charge in [0.25, 0.3) is 0 Å². The van der Waals surface area contributed by atoms with Gasteiger partial charge in [-0.05, 0) is 124 Å². The maximum absolute atomic E-state index is 17.6. The van der Waals surface area contributed by atoms with Crippen molar-refractivity contribution < 1.29 is 28.1 Å². The molecule has 0 saturated carbocycles. The maximum atomic E-state index is 17.6. The van der Waals surface area contributed by atoms with Crippen LogP contribution in [-0.4, -0.2) is 76.5 Å². The van der Waals surface area contributed by atoms with Crippen LogP contribution >= 0.6 is 34.2 Å². The number of pyridine rings is 3. The molecule has 304 valence electrons. The molecule has 4 atom stereocenters. The number of carbonyl (C=O) groups is 1. The van der Waals surface area contributed by atoms with Crippen molar-refractivity contribution in [2.24, 2.45) is 0 Å². The van der Waals surface area contributed by atoms with Crippen molar-refractivity contribution in [2.75, 3.05) is 30.6 Å². The van der Waals surface area contributed by atoms with E-state index in [1.807, 2.05) is 101 Å². The van der Waals surface area contributed by atoms with E-state index in [1.165, 1.54) is 0 Å². The fraction of sp³-hybridized carbons (Fsp3) is 0.409. The van der Waals surface area contributed by atoms with Gasteiger partial charge in [-0.25, -0.2) is 24.1 Å². The Morgan fingerprint density at radius 1 is 0.966 bits per heavy atom. The Morgan fingerprint density at radius 2 is 1.59 bits per heavy atom. The Kier molecular flexibility index (Phi) is 10.7. The van der Waals surface area contributed by atoms with Gasteiger partial charge in [0.1, 0.15) is 45.7 Å². The Bertz CT molecular complexity index is 2350. The maximum Gasteiger partial charge on any atom is 0.410 e. The molecule has 0 spiro atoms. The predicted octanol–water partition coefficient (Wildman–Crippen LogP) is 9.67. The number of aromatic nitrogens is 3. The zero-order valence-electron chi connectivity index (χ0n) is 33.9. The number of fused-ring (bicyclic) bond motifs is 5. The van der Waals surface area contributed by atoms with Crippen molar-refractivity contribution in [3.8, 4) is 28.6 Å². The van der Waals surface area contributed by atoms with Crippen LogP contribution in [0.1, 0.15) is 62.9 Å². The highest BCUT2D eigenvalue weighted by atomic mass is 127. The first-order chi connectivity index (χ1) is 27.6. The number of halogens is 3. The largest absolute Gasteiger partial charge is 0.497 e. The zero-order chi connectivity index (χ0) is 41.2. The van der Waals surface area contributed by atoms with Crippen LogP contribution in [0.15, 0.2) is 54.6 Å². The van der Waals surface area contributed by atoms with Crippen LogP contribution in [0.5, 0.6) is 17.4 Å². The van der Waals surface area contributed by atoms with Crippen molar-refractivity contribution in [1.82, 2.24) is 19.9 Å². The molecule has 3 aliphatic heterocycles. The first kappa shape index (κ1) is 40.2. The number of benzene rings is 2. The Morgan fingerprint density at radius 3 is 2.17 bits per heavy atom. The van der Waals surface area contributed by atoms with E-state index >= 15 is 4.39 Å². The molecule has 2 aromatic carbocycles. The smallest absolute Gasteiger partial charge is 0.410 e. The van der Waals surface area contributed by atoms with Crippen LogP contribution in [0.25, 0.3) is 22.0 Å². The highest BCUT2D eigenvalue weighted by Gasteiger charge is 2.53. The molecular formula is C44H47ClFIN6O5. The van der Waals surface area contributed by atoms with Gasteiger partial charge in [-0.1, -0.05) is 35.9 Å². The minimum atomic E-state index is -0.634. The predicted molar refractivity (Wildman–Crippen MR) is 232 cm³/mol. The van der Waals surface area contributed by atoms with Gasteiger partial charge in [0, 0.05) is 36.3 Å². The monoisotopic (exact) mass is 920 g/mol. The first-order valence-electron chi connectivity index (χ1n) is 19.5. The van der Waals surface area contributed by atoms with Crippen molar-refractivity contribution in [1.29, 1.82) is 0 Å². The van der Waals surface area contributed by atoms with Crippen LogP contribution in [0.2, 0.25) is 5.15 Å². The summed E-state index contributed by atoms with van der Waals surface area (Å²) in [6, 6.07) is 17.0. The lowest BCUT2D eigenvalue weighted by Crippen LogP contribution is -2.65. The third-order valence-corrected chi connectivity index (χ3v) is 13.1. The van der Waals surface area contributed by atoms with E-state index in [0.29, 0.717) is 62.4 Å². The SMILES string of the molecule is COc1ccc(CN(Cc2ccc(OC)cc2)c2cc(-c3nc4c5c(nc(C)c(C)c5c3F)N3C[C@H]5CC[C@@H]([C@H]3[C@H](C)O4)N5C(=O)OC(C)(C)C)c(I)c(Cl)n2)cc1. The molecule has 8 rings (SSSR count). The van der Waals surface area contributed by atoms with Crippen molar-refractivity contribution in [3.63, 3.8) is 0 Å². The quantitative estimate of drug-likeness (QED) is 0.111. The molecule has 14 heteroatoms. The summed E-state index contributed by atoms with van der Waals surface area (Å²) in [5, 5.41) is 1.15. The average molecular weight is 921 g/mol. The molecule has 1 amide bonds. The molecule has 5 aromatic rings. The molecule has 2 saturated heterocycles. The zero-order valence-corrected chi connectivity index (χ0v) is 36.8. The summed E-state index contributed by atoms with van der Waals surface area (Å²) in [6.07, 6.45) is 0.855. The van der Waals surface area contributed by atoms with Crippen LogP contribution in [0.3, 0.4) is 0 Å². The number of methoxy groups -OCH3 is 2.